The van der Waals surface area contributed by atoms with Crippen LogP contribution in [-0.2, 0) is 25.0 Å². The summed E-state index contributed by atoms with van der Waals surface area (Å²) >= 11 is 0. The van der Waals surface area contributed by atoms with Gasteiger partial charge < -0.3 is 29.7 Å². The number of carbonyl (C=O) groups is 1. The number of aromatic nitrogens is 2. The molecule has 0 bridgehead atoms. The first kappa shape index (κ1) is 37.4. The van der Waals surface area contributed by atoms with Gasteiger partial charge in [0.25, 0.3) is 16.0 Å². The molecular formula is C35H47F2N5O7S. The van der Waals surface area contributed by atoms with E-state index in [-0.39, 0.29) is 49.9 Å². The summed E-state index contributed by atoms with van der Waals surface area (Å²) in [5.41, 5.74) is 1.57. The molecule has 2 fully saturated rings. The second-order valence-electron chi connectivity index (χ2n) is 12.8. The summed E-state index contributed by atoms with van der Waals surface area (Å²) in [7, 11) is -3.43. The molecule has 5 rings (SSSR count). The number of rotatable bonds is 16. The Morgan fingerprint density at radius 3 is 2.44 bits per heavy atom. The minimum Gasteiger partial charge on any atom is -0.476 e. The Kier molecular flexibility index (Phi) is 12.7. The van der Waals surface area contributed by atoms with Gasteiger partial charge in [0.2, 0.25) is 5.88 Å². The fraction of sp³-hybridized carbons (Fsp3) is 0.571. The van der Waals surface area contributed by atoms with Crippen LogP contribution in [0.2, 0.25) is 0 Å². The molecule has 0 radical (unpaired) electrons. The third-order valence-electron chi connectivity index (χ3n) is 9.40. The van der Waals surface area contributed by atoms with Gasteiger partial charge in [-0.3, -0.25) is 4.18 Å². The zero-order valence-electron chi connectivity index (χ0n) is 28.7. The van der Waals surface area contributed by atoms with Gasteiger partial charge in [-0.25, -0.2) is 13.6 Å². The van der Waals surface area contributed by atoms with Crippen molar-refractivity contribution in [2.24, 2.45) is 5.92 Å². The van der Waals surface area contributed by atoms with Crippen LogP contribution in [0.4, 0.5) is 25.1 Å². The van der Waals surface area contributed by atoms with E-state index in [1.54, 1.807) is 19.1 Å². The minimum atomic E-state index is -3.43. The van der Waals surface area contributed by atoms with E-state index in [2.05, 4.69) is 20.4 Å². The molecule has 274 valence electrons. The molecule has 0 aliphatic carbocycles. The van der Waals surface area contributed by atoms with E-state index >= 15 is 8.78 Å². The molecule has 2 aliphatic heterocycles. The number of nitrogens with zero attached hydrogens (tertiary/aromatic N) is 4. The summed E-state index contributed by atoms with van der Waals surface area (Å²) in [6, 6.07) is 12.0. The van der Waals surface area contributed by atoms with Crippen LogP contribution in [0.15, 0.2) is 42.5 Å². The third-order valence-corrected chi connectivity index (χ3v) is 10.6. The average Bonchev–Trinajstić information content (AvgIpc) is 3.13. The number of halogens is 2. The smallest absolute Gasteiger partial charge is 0.407 e. The number of likely N-dealkylation sites (tertiary alicyclic amines) is 1. The molecule has 2 N–H and O–H groups in total. The van der Waals surface area contributed by atoms with Crippen LogP contribution in [-0.4, -0.2) is 93.1 Å². The molecule has 1 aromatic heterocycles. The van der Waals surface area contributed by atoms with Gasteiger partial charge in [0, 0.05) is 48.7 Å². The fourth-order valence-electron chi connectivity index (χ4n) is 6.32. The highest BCUT2D eigenvalue weighted by molar-refractivity contribution is 7.86. The second-order valence-corrected chi connectivity index (χ2v) is 14.7. The molecule has 1 atom stereocenters. The second kappa shape index (κ2) is 16.9. The predicted molar refractivity (Wildman–Crippen MR) is 187 cm³/mol. The van der Waals surface area contributed by atoms with Crippen molar-refractivity contribution in [1.82, 2.24) is 15.1 Å². The Morgan fingerprint density at radius 2 is 1.74 bits per heavy atom. The van der Waals surface area contributed by atoms with E-state index in [1.807, 2.05) is 25.1 Å². The number of amides is 1. The fourth-order valence-corrected chi connectivity index (χ4v) is 6.86. The van der Waals surface area contributed by atoms with Gasteiger partial charge in [-0.05, 0) is 75.8 Å². The molecule has 0 spiro atoms. The first-order valence-corrected chi connectivity index (χ1v) is 18.9. The molecule has 2 aliphatic rings. The van der Waals surface area contributed by atoms with E-state index in [1.165, 1.54) is 17.0 Å². The predicted octanol–water partition coefficient (Wildman–Crippen LogP) is 6.43. The van der Waals surface area contributed by atoms with Gasteiger partial charge in [0.05, 0.1) is 43.6 Å². The first-order valence-electron chi connectivity index (χ1n) is 17.3. The summed E-state index contributed by atoms with van der Waals surface area (Å²) in [5.74, 6) is -3.21. The maximum Gasteiger partial charge on any atom is 0.407 e. The zero-order valence-corrected chi connectivity index (χ0v) is 29.5. The number of unbranched alkanes of at least 4 members (excludes halogenated alkanes) is 3. The zero-order chi connectivity index (χ0) is 35.7. The Hall–Kier alpha value is -3.82. The molecule has 3 aromatic rings. The number of hydrogen-bond acceptors (Lipinski definition) is 10. The van der Waals surface area contributed by atoms with E-state index in [4.69, 9.17) is 13.7 Å². The lowest BCUT2D eigenvalue weighted by atomic mass is 9.85. The summed E-state index contributed by atoms with van der Waals surface area (Å²) in [6.45, 7) is 6.97. The summed E-state index contributed by atoms with van der Waals surface area (Å²) in [5, 5.41) is 23.0. The quantitative estimate of drug-likeness (QED) is 0.125. The van der Waals surface area contributed by atoms with Gasteiger partial charge in [0.15, 0.2) is 5.82 Å². The molecule has 3 heterocycles. The maximum absolute atomic E-state index is 15.7. The van der Waals surface area contributed by atoms with Crippen molar-refractivity contribution < 1.29 is 40.8 Å². The summed E-state index contributed by atoms with van der Waals surface area (Å²) in [6.07, 6.45) is 2.12. The van der Waals surface area contributed by atoms with E-state index in [0.29, 0.717) is 43.5 Å². The minimum absolute atomic E-state index is 0.0409. The van der Waals surface area contributed by atoms with Crippen molar-refractivity contribution in [3.8, 4) is 5.88 Å². The topological polar surface area (TPSA) is 143 Å². The molecule has 2 aromatic carbocycles. The van der Waals surface area contributed by atoms with Crippen LogP contribution in [0.25, 0.3) is 10.8 Å². The number of fused-ring (bicyclic) bond motifs is 1. The van der Waals surface area contributed by atoms with Crippen molar-refractivity contribution in [1.29, 1.82) is 0 Å². The molecule has 12 nitrogen and oxygen atoms in total. The lowest BCUT2D eigenvalue weighted by molar-refractivity contribution is -0.0836. The third kappa shape index (κ3) is 9.49. The van der Waals surface area contributed by atoms with Gasteiger partial charge in [0.1, 0.15) is 0 Å². The lowest BCUT2D eigenvalue weighted by Crippen LogP contribution is -2.41. The normalized spacial score (nSPS) is 16.8. The molecule has 2 saturated heterocycles. The summed E-state index contributed by atoms with van der Waals surface area (Å²) < 4.78 is 71.0. The molecule has 0 saturated carbocycles. The number of ether oxygens (including phenoxy) is 2. The van der Waals surface area contributed by atoms with Crippen LogP contribution >= 0.6 is 0 Å². The largest absolute Gasteiger partial charge is 0.476 e. The number of benzene rings is 2. The average molecular weight is 720 g/mol. The highest BCUT2D eigenvalue weighted by Crippen LogP contribution is 2.42. The Bertz CT molecular complexity index is 1700. The number of carboxylic acid groups (broad SMARTS) is 1. The number of alkyl halides is 2. The van der Waals surface area contributed by atoms with E-state index in [9.17, 15) is 18.3 Å². The van der Waals surface area contributed by atoms with Crippen LogP contribution in [0.5, 0.6) is 5.88 Å². The van der Waals surface area contributed by atoms with Crippen LogP contribution in [0.1, 0.15) is 69.5 Å². The molecule has 15 heteroatoms. The van der Waals surface area contributed by atoms with Gasteiger partial charge in [-0.2, -0.15) is 8.42 Å². The van der Waals surface area contributed by atoms with Crippen LogP contribution in [0, 0.1) is 5.92 Å². The number of morpholine rings is 1. The Balaban J connectivity index is 1.28. The Labute approximate surface area is 292 Å². The highest BCUT2D eigenvalue weighted by atomic mass is 32.2. The molecular weight excluding hydrogens is 672 g/mol. The highest BCUT2D eigenvalue weighted by Gasteiger charge is 2.43. The number of piperidine rings is 1. The SMILES string of the molecule is CCS(=O)(=O)OCCCCCCOc1nnc(N[C@@H](C)c2cccc(C(F)(F)C3CCN(C(=O)O)CC3)c2)c2ccc(N3CCOCC3)cc12. The van der Waals surface area contributed by atoms with Gasteiger partial charge in [-0.1, -0.05) is 24.6 Å². The Morgan fingerprint density at radius 1 is 1.02 bits per heavy atom. The molecule has 1 amide bonds. The van der Waals surface area contributed by atoms with Crippen LogP contribution in [0.3, 0.4) is 0 Å². The number of nitrogens with one attached hydrogen (secondary N) is 1. The van der Waals surface area contributed by atoms with Crippen molar-refractivity contribution in [3.05, 3.63) is 53.6 Å². The molecule has 0 unspecified atom stereocenters. The van der Waals surface area contributed by atoms with Crippen LogP contribution < -0.4 is 15.0 Å². The standard InChI is InChI=1S/C35H47F2N5O7S/c1-3-50(45,46)49-20-7-5-4-6-19-48-33-31-24-29(41-17-21-47-22-18-41)11-12-30(31)32(39-40-33)38-25(2)26-9-8-10-28(23-26)35(36,37)27-13-15-42(16-14-27)34(43)44/h8-12,23-25,27H,3-7,13-22H2,1-2H3,(H,38,39)(H,43,44)/t25-/m0/s1. The first-order chi connectivity index (χ1) is 24.0. The van der Waals surface area contributed by atoms with E-state index < -0.39 is 28.1 Å². The van der Waals surface area contributed by atoms with Crippen molar-refractivity contribution in [3.63, 3.8) is 0 Å². The number of anilines is 2. The van der Waals surface area contributed by atoms with Crippen molar-refractivity contribution in [2.45, 2.75) is 64.3 Å². The van der Waals surface area contributed by atoms with Gasteiger partial charge in [-0.15, -0.1) is 10.2 Å². The lowest BCUT2D eigenvalue weighted by Gasteiger charge is -2.35. The number of hydrogen-bond donors (Lipinski definition) is 2. The van der Waals surface area contributed by atoms with Gasteiger partial charge >= 0.3 is 6.09 Å². The van der Waals surface area contributed by atoms with Crippen molar-refractivity contribution >= 4 is 38.5 Å². The van der Waals surface area contributed by atoms with E-state index in [0.717, 1.165) is 48.8 Å². The monoisotopic (exact) mass is 719 g/mol. The summed E-state index contributed by atoms with van der Waals surface area (Å²) in [4.78, 5) is 14.7. The maximum atomic E-state index is 15.7. The van der Waals surface area contributed by atoms with Crippen molar-refractivity contribution in [2.75, 3.05) is 68.6 Å². The molecule has 50 heavy (non-hydrogen) atoms.